The normalized spacial score (nSPS) is 13.8. The molecule has 0 aromatic rings. The number of carbonyl (C=O) groups excluding carboxylic acids is 1. The van der Waals surface area contributed by atoms with Gasteiger partial charge in [0.05, 0.1) is 0 Å². The van der Waals surface area contributed by atoms with E-state index in [9.17, 15) is 20.0 Å². The van der Waals surface area contributed by atoms with Crippen molar-refractivity contribution >= 4 is 6.29 Å². The Morgan fingerprint density at radius 1 is 1.00 bits per heavy atom. The van der Waals surface area contributed by atoms with E-state index in [2.05, 4.69) is 6.92 Å². The molecule has 0 saturated carbocycles. The third kappa shape index (κ3) is 11.4. The molecule has 0 bridgehead atoms. The molecule has 2 unspecified atom stereocenters. The molecule has 0 radical (unpaired) electrons. The molecular weight excluding hydrogens is 270 g/mol. The summed E-state index contributed by atoms with van der Waals surface area (Å²) in [5.41, 5.74) is 0. The van der Waals surface area contributed by atoms with Crippen LogP contribution in [0.25, 0.3) is 0 Å². The van der Waals surface area contributed by atoms with Crippen LogP contribution in [0.5, 0.6) is 0 Å². The van der Waals surface area contributed by atoms with Gasteiger partial charge in [0, 0.05) is 17.8 Å². The molecule has 0 aliphatic carbocycles. The predicted octanol–water partition coefficient (Wildman–Crippen LogP) is 3.89. The van der Waals surface area contributed by atoms with Gasteiger partial charge in [0.2, 0.25) is 6.04 Å². The first-order valence-corrected chi connectivity index (χ1v) is 8.38. The molecule has 5 heteroatoms. The lowest BCUT2D eigenvalue weighted by atomic mass is 9.98. The molecular formula is C16H31NO4. The van der Waals surface area contributed by atoms with Crippen molar-refractivity contribution in [1.29, 1.82) is 0 Å². The molecule has 1 N–H and O–H groups in total. The Hall–Kier alpha value is -0.970. The fourth-order valence-electron chi connectivity index (χ4n) is 2.52. The summed E-state index contributed by atoms with van der Waals surface area (Å²) >= 11 is 0. The number of aliphatic hydroxyl groups excluding tert-OH is 1. The lowest BCUT2D eigenvalue weighted by molar-refractivity contribution is -0.535. The summed E-state index contributed by atoms with van der Waals surface area (Å²) in [5.74, 6) is 0. The molecule has 124 valence electrons. The van der Waals surface area contributed by atoms with Crippen molar-refractivity contribution < 1.29 is 14.8 Å². The second kappa shape index (κ2) is 14.0. The van der Waals surface area contributed by atoms with Crippen LogP contribution in [-0.2, 0) is 4.79 Å². The van der Waals surface area contributed by atoms with Gasteiger partial charge in [0.25, 0.3) is 0 Å². The van der Waals surface area contributed by atoms with Crippen molar-refractivity contribution in [2.75, 3.05) is 0 Å². The molecule has 0 aliphatic heterocycles. The maximum absolute atomic E-state index is 11.0. The molecule has 0 fully saturated rings. The minimum atomic E-state index is -0.823. The second-order valence-corrected chi connectivity index (χ2v) is 5.78. The van der Waals surface area contributed by atoms with E-state index in [1.807, 2.05) is 0 Å². The Morgan fingerprint density at radius 2 is 1.57 bits per heavy atom. The van der Waals surface area contributed by atoms with Crippen LogP contribution in [-0.4, -0.2) is 28.5 Å². The van der Waals surface area contributed by atoms with Crippen LogP contribution in [0.1, 0.15) is 84.0 Å². The van der Waals surface area contributed by atoms with Gasteiger partial charge in [-0.2, -0.15) is 0 Å². The second-order valence-electron chi connectivity index (χ2n) is 5.78. The molecule has 0 heterocycles. The third-order valence-corrected chi connectivity index (χ3v) is 3.89. The largest absolute Gasteiger partial charge is 0.386 e. The first kappa shape index (κ1) is 20.0. The fourth-order valence-corrected chi connectivity index (χ4v) is 2.52. The van der Waals surface area contributed by atoms with Gasteiger partial charge in [-0.3, -0.25) is 10.1 Å². The highest BCUT2D eigenvalue weighted by molar-refractivity contribution is 5.48. The van der Waals surface area contributed by atoms with Gasteiger partial charge in [-0.05, 0) is 19.3 Å². The quantitative estimate of drug-likeness (QED) is 0.215. The van der Waals surface area contributed by atoms with E-state index in [4.69, 9.17) is 0 Å². The van der Waals surface area contributed by atoms with Gasteiger partial charge in [-0.15, -0.1) is 0 Å². The Balaban J connectivity index is 3.77. The van der Waals surface area contributed by atoms with Crippen molar-refractivity contribution in [1.82, 2.24) is 0 Å². The van der Waals surface area contributed by atoms with Crippen LogP contribution in [0.15, 0.2) is 0 Å². The van der Waals surface area contributed by atoms with Gasteiger partial charge in [-0.25, -0.2) is 0 Å². The van der Waals surface area contributed by atoms with Crippen molar-refractivity contribution in [3.8, 4) is 0 Å². The molecule has 0 aromatic heterocycles. The highest BCUT2D eigenvalue weighted by atomic mass is 16.6. The Labute approximate surface area is 128 Å². The number of unbranched alkanes of at least 4 members (excludes halogenated alkanes) is 8. The highest BCUT2D eigenvalue weighted by Gasteiger charge is 2.28. The molecule has 0 saturated heterocycles. The average molecular weight is 301 g/mol. The van der Waals surface area contributed by atoms with Gasteiger partial charge >= 0.3 is 0 Å². The minimum absolute atomic E-state index is 0.319. The summed E-state index contributed by atoms with van der Waals surface area (Å²) in [6, 6.07) is -0.808. The maximum atomic E-state index is 11.0. The Bertz CT molecular complexity index is 271. The van der Waals surface area contributed by atoms with E-state index in [1.165, 1.54) is 0 Å². The van der Waals surface area contributed by atoms with Crippen LogP contribution >= 0.6 is 0 Å². The average Bonchev–Trinajstić information content (AvgIpc) is 2.45. The van der Waals surface area contributed by atoms with Crippen LogP contribution in [0.3, 0.4) is 0 Å². The van der Waals surface area contributed by atoms with Crippen LogP contribution < -0.4 is 0 Å². The number of aliphatic hydroxyl groups is 1. The van der Waals surface area contributed by atoms with Crippen molar-refractivity contribution in [2.24, 2.45) is 0 Å². The summed E-state index contributed by atoms with van der Waals surface area (Å²) in [4.78, 5) is 20.9. The molecule has 0 rings (SSSR count). The monoisotopic (exact) mass is 301 g/mol. The number of nitrogens with zero attached hydrogens (tertiary/aromatic N) is 1. The van der Waals surface area contributed by atoms with Crippen molar-refractivity contribution in [2.45, 2.75) is 96.1 Å². The zero-order chi connectivity index (χ0) is 15.9. The Kier molecular flexibility index (Phi) is 13.3. The zero-order valence-corrected chi connectivity index (χ0v) is 13.3. The number of rotatable bonds is 15. The molecule has 2 atom stereocenters. The van der Waals surface area contributed by atoms with E-state index in [1.54, 1.807) is 0 Å². The topological polar surface area (TPSA) is 80.4 Å². The summed E-state index contributed by atoms with van der Waals surface area (Å²) in [6.07, 6.45) is 10.5. The highest BCUT2D eigenvalue weighted by Crippen LogP contribution is 2.16. The lowest BCUT2D eigenvalue weighted by Crippen LogP contribution is -2.33. The van der Waals surface area contributed by atoms with Gasteiger partial charge in [-0.1, -0.05) is 51.9 Å². The van der Waals surface area contributed by atoms with Crippen LogP contribution in [0.2, 0.25) is 0 Å². The molecule has 0 aliphatic rings. The molecule has 21 heavy (non-hydrogen) atoms. The third-order valence-electron chi connectivity index (χ3n) is 3.89. The summed E-state index contributed by atoms with van der Waals surface area (Å²) in [7, 11) is 0. The standard InChI is InChI=1S/C16H31NO4/c1-2-3-4-9-12-15(17(20)21)16(19)13-10-7-5-6-8-11-14-18/h14-16,19H,2-13H2,1H3. The van der Waals surface area contributed by atoms with Gasteiger partial charge < -0.3 is 9.90 Å². The maximum Gasteiger partial charge on any atom is 0.238 e. The van der Waals surface area contributed by atoms with E-state index >= 15 is 0 Å². The van der Waals surface area contributed by atoms with Crippen molar-refractivity contribution in [3.05, 3.63) is 10.1 Å². The summed E-state index contributed by atoms with van der Waals surface area (Å²) < 4.78 is 0. The SMILES string of the molecule is CCCCCCC(C(O)CCCCCCCC=O)[N+](=O)[O-]. The predicted molar refractivity (Wildman–Crippen MR) is 83.9 cm³/mol. The number of nitro groups is 1. The molecule has 0 aromatic carbocycles. The van der Waals surface area contributed by atoms with Crippen molar-refractivity contribution in [3.63, 3.8) is 0 Å². The number of hydrogen-bond donors (Lipinski definition) is 1. The van der Waals surface area contributed by atoms with E-state index < -0.39 is 12.1 Å². The Morgan fingerprint density at radius 3 is 2.19 bits per heavy atom. The van der Waals surface area contributed by atoms with E-state index in [0.29, 0.717) is 19.3 Å². The molecule has 0 amide bonds. The number of hydrogen-bond acceptors (Lipinski definition) is 4. The van der Waals surface area contributed by atoms with Crippen LogP contribution in [0.4, 0.5) is 0 Å². The fraction of sp³-hybridized carbons (Fsp3) is 0.938. The van der Waals surface area contributed by atoms with Gasteiger partial charge in [0.1, 0.15) is 12.4 Å². The van der Waals surface area contributed by atoms with E-state index in [-0.39, 0.29) is 4.92 Å². The first-order chi connectivity index (χ1) is 10.1. The lowest BCUT2D eigenvalue weighted by Gasteiger charge is -2.16. The minimum Gasteiger partial charge on any atom is -0.386 e. The number of aldehydes is 1. The smallest absolute Gasteiger partial charge is 0.238 e. The summed E-state index contributed by atoms with van der Waals surface area (Å²) in [5, 5.41) is 21.0. The van der Waals surface area contributed by atoms with Gasteiger partial charge in [0.15, 0.2) is 0 Å². The molecule has 5 nitrogen and oxygen atoms in total. The van der Waals surface area contributed by atoms with Crippen LogP contribution in [0, 0.1) is 10.1 Å². The summed E-state index contributed by atoms with van der Waals surface area (Å²) in [6.45, 7) is 2.11. The number of carbonyl (C=O) groups is 1. The molecule has 0 spiro atoms. The zero-order valence-electron chi connectivity index (χ0n) is 13.3. The van der Waals surface area contributed by atoms with E-state index in [0.717, 1.165) is 64.1 Å². The first-order valence-electron chi connectivity index (χ1n) is 8.38.